The minimum atomic E-state index is -3.62. The maximum absolute atomic E-state index is 13.2. The molecule has 0 aliphatic carbocycles. The van der Waals surface area contributed by atoms with E-state index in [9.17, 15) is 13.2 Å². The third kappa shape index (κ3) is 3.75. The van der Waals surface area contributed by atoms with Gasteiger partial charge in [0.05, 0.1) is 4.90 Å². The molecule has 0 spiro atoms. The SMILES string of the molecule is CC(C)N(Cc1ccccc1)S(=O)(=O)c1ccc2c(c1)CCC(=O)N2. The van der Waals surface area contributed by atoms with Gasteiger partial charge in [-0.2, -0.15) is 4.31 Å². The fourth-order valence-corrected chi connectivity index (χ4v) is 4.64. The summed E-state index contributed by atoms with van der Waals surface area (Å²) < 4.78 is 27.8. The largest absolute Gasteiger partial charge is 0.326 e. The number of amides is 1. The van der Waals surface area contributed by atoms with Crippen molar-refractivity contribution >= 4 is 21.6 Å². The Balaban J connectivity index is 1.94. The number of aryl methyl sites for hydroxylation is 1. The molecule has 1 aliphatic heterocycles. The molecule has 2 aromatic rings. The van der Waals surface area contributed by atoms with Crippen LogP contribution in [0.5, 0.6) is 0 Å². The monoisotopic (exact) mass is 358 g/mol. The summed E-state index contributed by atoms with van der Waals surface area (Å²) in [5.74, 6) is -0.0315. The van der Waals surface area contributed by atoms with Gasteiger partial charge in [-0.1, -0.05) is 30.3 Å². The van der Waals surface area contributed by atoms with Gasteiger partial charge in [0.1, 0.15) is 0 Å². The van der Waals surface area contributed by atoms with Gasteiger partial charge >= 0.3 is 0 Å². The maximum Gasteiger partial charge on any atom is 0.243 e. The van der Waals surface area contributed by atoms with Crippen molar-refractivity contribution in [2.75, 3.05) is 5.32 Å². The van der Waals surface area contributed by atoms with Crippen LogP contribution >= 0.6 is 0 Å². The first-order valence-corrected chi connectivity index (χ1v) is 9.80. The van der Waals surface area contributed by atoms with Crippen LogP contribution in [-0.2, 0) is 27.8 Å². The van der Waals surface area contributed by atoms with Crippen molar-refractivity contribution in [3.05, 3.63) is 59.7 Å². The number of anilines is 1. The number of rotatable bonds is 5. The molecule has 0 aromatic heterocycles. The fourth-order valence-electron chi connectivity index (χ4n) is 2.96. The van der Waals surface area contributed by atoms with Gasteiger partial charge in [0, 0.05) is 24.7 Å². The van der Waals surface area contributed by atoms with Crippen LogP contribution in [0, 0.1) is 0 Å². The first-order valence-electron chi connectivity index (χ1n) is 8.36. The van der Waals surface area contributed by atoms with Crippen molar-refractivity contribution < 1.29 is 13.2 Å². The topological polar surface area (TPSA) is 66.5 Å². The van der Waals surface area contributed by atoms with E-state index >= 15 is 0 Å². The molecule has 0 saturated carbocycles. The third-order valence-corrected chi connectivity index (χ3v) is 6.35. The summed E-state index contributed by atoms with van der Waals surface area (Å²) in [4.78, 5) is 11.7. The van der Waals surface area contributed by atoms with Crippen LogP contribution in [0.25, 0.3) is 0 Å². The molecule has 1 amide bonds. The highest BCUT2D eigenvalue weighted by Gasteiger charge is 2.28. The van der Waals surface area contributed by atoms with Crippen LogP contribution in [0.1, 0.15) is 31.4 Å². The number of fused-ring (bicyclic) bond motifs is 1. The highest BCUT2D eigenvalue weighted by Crippen LogP contribution is 2.28. The molecule has 1 heterocycles. The van der Waals surface area contributed by atoms with Crippen molar-refractivity contribution in [2.24, 2.45) is 0 Å². The van der Waals surface area contributed by atoms with Crippen LogP contribution < -0.4 is 5.32 Å². The van der Waals surface area contributed by atoms with Crippen molar-refractivity contribution in [1.29, 1.82) is 0 Å². The average molecular weight is 358 g/mol. The zero-order chi connectivity index (χ0) is 18.0. The van der Waals surface area contributed by atoms with Gasteiger partial charge in [-0.15, -0.1) is 0 Å². The standard InChI is InChI=1S/C19H22N2O3S/c1-14(2)21(13-15-6-4-3-5-7-15)25(23,24)17-9-10-18-16(12-17)8-11-19(22)20-18/h3-7,9-10,12,14H,8,11,13H2,1-2H3,(H,20,22). The predicted octanol–water partition coefficient (Wildman–Crippen LogP) is 3.17. The summed E-state index contributed by atoms with van der Waals surface area (Å²) >= 11 is 0. The van der Waals surface area contributed by atoms with Crippen molar-refractivity contribution in [3.63, 3.8) is 0 Å². The maximum atomic E-state index is 13.2. The Labute approximate surface area is 148 Å². The highest BCUT2D eigenvalue weighted by atomic mass is 32.2. The molecule has 0 unspecified atom stereocenters. The van der Waals surface area contributed by atoms with E-state index in [1.807, 2.05) is 44.2 Å². The molecule has 0 atom stereocenters. The zero-order valence-corrected chi connectivity index (χ0v) is 15.2. The number of benzene rings is 2. The van der Waals surface area contributed by atoms with Crippen LogP contribution in [0.4, 0.5) is 5.69 Å². The summed E-state index contributed by atoms with van der Waals surface area (Å²) in [7, 11) is -3.62. The van der Waals surface area contributed by atoms with E-state index in [0.717, 1.165) is 11.1 Å². The van der Waals surface area contributed by atoms with E-state index in [1.165, 1.54) is 4.31 Å². The zero-order valence-electron chi connectivity index (χ0n) is 14.4. The Morgan fingerprint density at radius 3 is 2.48 bits per heavy atom. The average Bonchev–Trinajstić information content (AvgIpc) is 2.59. The molecule has 25 heavy (non-hydrogen) atoms. The van der Waals surface area contributed by atoms with Crippen LogP contribution in [0.2, 0.25) is 0 Å². The Morgan fingerprint density at radius 1 is 1.08 bits per heavy atom. The molecular weight excluding hydrogens is 336 g/mol. The van der Waals surface area contributed by atoms with Crippen molar-refractivity contribution in [2.45, 2.75) is 44.2 Å². The fraction of sp³-hybridized carbons (Fsp3) is 0.316. The Bertz CT molecular complexity index is 877. The van der Waals surface area contributed by atoms with E-state index in [4.69, 9.17) is 0 Å². The molecular formula is C19H22N2O3S. The Hall–Kier alpha value is -2.18. The molecule has 0 fully saturated rings. The Morgan fingerprint density at radius 2 is 1.80 bits per heavy atom. The second-order valence-corrected chi connectivity index (χ2v) is 8.39. The molecule has 2 aromatic carbocycles. The number of hydrogen-bond donors (Lipinski definition) is 1. The number of nitrogens with zero attached hydrogens (tertiary/aromatic N) is 1. The molecule has 0 radical (unpaired) electrons. The van der Waals surface area contributed by atoms with Gasteiger partial charge < -0.3 is 5.32 Å². The minimum absolute atomic E-state index is 0.0315. The van der Waals surface area contributed by atoms with Crippen molar-refractivity contribution in [1.82, 2.24) is 4.31 Å². The lowest BCUT2D eigenvalue weighted by molar-refractivity contribution is -0.116. The summed E-state index contributed by atoms with van der Waals surface area (Å²) in [6.07, 6.45) is 0.944. The lowest BCUT2D eigenvalue weighted by atomic mass is 10.0. The first kappa shape index (κ1) is 17.6. The second-order valence-electron chi connectivity index (χ2n) is 6.50. The molecule has 0 bridgehead atoms. The molecule has 132 valence electrons. The molecule has 3 rings (SSSR count). The number of nitrogens with one attached hydrogen (secondary N) is 1. The normalized spacial score (nSPS) is 14.5. The van der Waals surface area contributed by atoms with Crippen molar-refractivity contribution in [3.8, 4) is 0 Å². The molecule has 1 N–H and O–H groups in total. The van der Waals surface area contributed by atoms with E-state index in [2.05, 4.69) is 5.32 Å². The van der Waals surface area contributed by atoms with E-state index in [-0.39, 0.29) is 16.8 Å². The predicted molar refractivity (Wildman–Crippen MR) is 97.7 cm³/mol. The summed E-state index contributed by atoms with van der Waals surface area (Å²) in [5.41, 5.74) is 2.52. The van der Waals surface area contributed by atoms with E-state index in [0.29, 0.717) is 25.1 Å². The summed E-state index contributed by atoms with van der Waals surface area (Å²) in [5, 5.41) is 2.78. The summed E-state index contributed by atoms with van der Waals surface area (Å²) in [6, 6.07) is 14.3. The second kappa shape index (κ2) is 6.98. The summed E-state index contributed by atoms with van der Waals surface area (Å²) in [6.45, 7) is 4.08. The van der Waals surface area contributed by atoms with Gasteiger partial charge in [0.2, 0.25) is 15.9 Å². The van der Waals surface area contributed by atoms with E-state index < -0.39 is 10.0 Å². The third-order valence-electron chi connectivity index (χ3n) is 4.34. The van der Waals surface area contributed by atoms with Gasteiger partial charge in [-0.25, -0.2) is 8.42 Å². The number of carbonyl (C=O) groups excluding carboxylic acids is 1. The van der Waals surface area contributed by atoms with Crippen LogP contribution in [0.15, 0.2) is 53.4 Å². The lowest BCUT2D eigenvalue weighted by Crippen LogP contribution is -2.36. The molecule has 6 heteroatoms. The molecule has 5 nitrogen and oxygen atoms in total. The van der Waals surface area contributed by atoms with Gasteiger partial charge in [0.25, 0.3) is 0 Å². The lowest BCUT2D eigenvalue weighted by Gasteiger charge is -2.27. The number of hydrogen-bond acceptors (Lipinski definition) is 3. The highest BCUT2D eigenvalue weighted by molar-refractivity contribution is 7.89. The first-order chi connectivity index (χ1) is 11.9. The number of carbonyl (C=O) groups is 1. The van der Waals surface area contributed by atoms with Gasteiger partial charge in [0.15, 0.2) is 0 Å². The molecule has 1 aliphatic rings. The Kier molecular flexibility index (Phi) is 4.92. The molecule has 0 saturated heterocycles. The van der Waals surface area contributed by atoms with Crippen LogP contribution in [0.3, 0.4) is 0 Å². The number of sulfonamides is 1. The van der Waals surface area contributed by atoms with E-state index in [1.54, 1.807) is 18.2 Å². The quantitative estimate of drug-likeness (QED) is 0.893. The van der Waals surface area contributed by atoms with Gasteiger partial charge in [-0.05, 0) is 49.6 Å². The van der Waals surface area contributed by atoms with Gasteiger partial charge in [-0.3, -0.25) is 4.79 Å². The minimum Gasteiger partial charge on any atom is -0.326 e. The van der Waals surface area contributed by atoms with Crippen LogP contribution in [-0.4, -0.2) is 24.7 Å². The smallest absolute Gasteiger partial charge is 0.243 e.